The van der Waals surface area contributed by atoms with Crippen molar-refractivity contribution in [3.63, 3.8) is 0 Å². The van der Waals surface area contributed by atoms with E-state index >= 15 is 0 Å². The molecule has 5 N–H and O–H groups in total. The van der Waals surface area contributed by atoms with Crippen LogP contribution in [-0.4, -0.2) is 18.5 Å². The van der Waals surface area contributed by atoms with E-state index in [4.69, 9.17) is 11.5 Å². The van der Waals surface area contributed by atoms with Crippen LogP contribution in [0.1, 0.15) is 22.8 Å². The molecule has 0 spiro atoms. The van der Waals surface area contributed by atoms with Gasteiger partial charge in [0.05, 0.1) is 11.1 Å². The van der Waals surface area contributed by atoms with E-state index in [1.807, 2.05) is 0 Å². The number of carbonyl (C=O) groups excluding carboxylic acids is 1. The zero-order valence-corrected chi connectivity index (χ0v) is 9.71. The number of nitrogens with one attached hydrogen (secondary N) is 1. The summed E-state index contributed by atoms with van der Waals surface area (Å²) in [5, 5.41) is 2.83. The van der Waals surface area contributed by atoms with Gasteiger partial charge in [-0.25, -0.2) is 0 Å². The molecule has 7 heteroatoms. The number of amides is 1. The Labute approximate surface area is 102 Å². The lowest BCUT2D eigenvalue weighted by molar-refractivity contribution is -0.137. The first-order valence-electron chi connectivity index (χ1n) is 5.23. The van der Waals surface area contributed by atoms with E-state index in [1.165, 1.54) is 6.07 Å². The molecule has 4 nitrogen and oxygen atoms in total. The van der Waals surface area contributed by atoms with Crippen LogP contribution >= 0.6 is 0 Å². The maximum atomic E-state index is 12.5. The number of rotatable bonds is 4. The number of hydrogen-bond acceptors (Lipinski definition) is 3. The fourth-order valence-electron chi connectivity index (χ4n) is 1.37. The van der Waals surface area contributed by atoms with Gasteiger partial charge in [-0.1, -0.05) is 0 Å². The average Bonchev–Trinajstić information content (AvgIpc) is 2.27. The minimum atomic E-state index is -4.51. The topological polar surface area (TPSA) is 81.1 Å². The van der Waals surface area contributed by atoms with Crippen LogP contribution in [0.15, 0.2) is 18.2 Å². The number of benzene rings is 1. The molecule has 0 saturated carbocycles. The van der Waals surface area contributed by atoms with Crippen LogP contribution < -0.4 is 16.8 Å². The number of halogens is 3. The number of nitrogens with two attached hydrogens (primary N) is 2. The molecule has 1 aromatic rings. The van der Waals surface area contributed by atoms with Crippen molar-refractivity contribution >= 4 is 11.6 Å². The van der Waals surface area contributed by atoms with Gasteiger partial charge in [-0.05, 0) is 25.1 Å². The standard InChI is InChI=1S/C11H14F3N3O/c1-6(5-15)17-9-3-2-7(11(12,13)14)4-8(9)10(16)18/h2-4,6,17H,5,15H2,1H3,(H2,16,18). The summed E-state index contributed by atoms with van der Waals surface area (Å²) < 4.78 is 37.5. The van der Waals surface area contributed by atoms with Crippen LogP contribution in [-0.2, 0) is 6.18 Å². The Morgan fingerprint density at radius 3 is 2.50 bits per heavy atom. The lowest BCUT2D eigenvalue weighted by Crippen LogP contribution is -2.27. The van der Waals surface area contributed by atoms with E-state index in [9.17, 15) is 18.0 Å². The summed E-state index contributed by atoms with van der Waals surface area (Å²) >= 11 is 0. The Hall–Kier alpha value is -1.76. The van der Waals surface area contributed by atoms with Crippen LogP contribution in [0.3, 0.4) is 0 Å². The second-order valence-electron chi connectivity index (χ2n) is 3.90. The molecule has 1 aromatic carbocycles. The van der Waals surface area contributed by atoms with Crippen molar-refractivity contribution in [1.82, 2.24) is 0 Å². The first-order chi connectivity index (χ1) is 8.25. The summed E-state index contributed by atoms with van der Waals surface area (Å²) in [6.45, 7) is 2.02. The van der Waals surface area contributed by atoms with Gasteiger partial charge in [0.1, 0.15) is 0 Å². The molecular weight excluding hydrogens is 247 g/mol. The molecular formula is C11H14F3N3O. The highest BCUT2D eigenvalue weighted by Gasteiger charge is 2.31. The molecule has 1 amide bonds. The molecule has 0 bridgehead atoms. The van der Waals surface area contributed by atoms with Gasteiger partial charge in [-0.15, -0.1) is 0 Å². The molecule has 1 atom stereocenters. The Bertz CT molecular complexity index is 446. The van der Waals surface area contributed by atoms with E-state index in [1.54, 1.807) is 6.92 Å². The van der Waals surface area contributed by atoms with Crippen molar-refractivity contribution < 1.29 is 18.0 Å². The van der Waals surface area contributed by atoms with Crippen molar-refractivity contribution in [2.75, 3.05) is 11.9 Å². The van der Waals surface area contributed by atoms with Crippen molar-refractivity contribution in [3.8, 4) is 0 Å². The maximum Gasteiger partial charge on any atom is 0.416 e. The molecule has 0 fully saturated rings. The van der Waals surface area contributed by atoms with Crippen LogP contribution in [0.4, 0.5) is 18.9 Å². The third-order valence-corrected chi connectivity index (χ3v) is 2.37. The van der Waals surface area contributed by atoms with Gasteiger partial charge >= 0.3 is 6.18 Å². The van der Waals surface area contributed by atoms with Crippen molar-refractivity contribution in [2.45, 2.75) is 19.1 Å². The third kappa shape index (κ3) is 3.36. The van der Waals surface area contributed by atoms with Gasteiger partial charge < -0.3 is 16.8 Å². The average molecular weight is 261 g/mol. The summed E-state index contributed by atoms with van der Waals surface area (Å²) in [7, 11) is 0. The van der Waals surface area contributed by atoms with E-state index in [0.29, 0.717) is 0 Å². The van der Waals surface area contributed by atoms with Gasteiger partial charge in [-0.2, -0.15) is 13.2 Å². The SMILES string of the molecule is CC(CN)Nc1ccc(C(F)(F)F)cc1C(N)=O. The Kier molecular flexibility index (Phi) is 4.18. The molecule has 18 heavy (non-hydrogen) atoms. The molecule has 0 aromatic heterocycles. The number of carbonyl (C=O) groups is 1. The zero-order chi connectivity index (χ0) is 13.9. The highest BCUT2D eigenvalue weighted by molar-refractivity contribution is 5.98. The maximum absolute atomic E-state index is 12.5. The Morgan fingerprint density at radius 1 is 1.44 bits per heavy atom. The minimum Gasteiger partial charge on any atom is -0.381 e. The van der Waals surface area contributed by atoms with E-state index in [0.717, 1.165) is 12.1 Å². The molecule has 0 aliphatic heterocycles. The normalized spacial score (nSPS) is 13.2. The smallest absolute Gasteiger partial charge is 0.381 e. The van der Waals surface area contributed by atoms with E-state index < -0.39 is 17.6 Å². The monoisotopic (exact) mass is 261 g/mol. The predicted molar refractivity (Wildman–Crippen MR) is 62.1 cm³/mol. The lowest BCUT2D eigenvalue weighted by atomic mass is 10.1. The zero-order valence-electron chi connectivity index (χ0n) is 9.71. The molecule has 0 saturated heterocycles. The van der Waals surface area contributed by atoms with Crippen LogP contribution in [0.2, 0.25) is 0 Å². The Balaban J connectivity index is 3.17. The second-order valence-corrected chi connectivity index (χ2v) is 3.90. The van der Waals surface area contributed by atoms with E-state index in [-0.39, 0.29) is 23.8 Å². The largest absolute Gasteiger partial charge is 0.416 e. The fourth-order valence-corrected chi connectivity index (χ4v) is 1.37. The van der Waals surface area contributed by atoms with Gasteiger partial charge in [-0.3, -0.25) is 4.79 Å². The van der Waals surface area contributed by atoms with Gasteiger partial charge in [0, 0.05) is 18.3 Å². The van der Waals surface area contributed by atoms with Crippen molar-refractivity contribution in [2.24, 2.45) is 11.5 Å². The molecule has 100 valence electrons. The second kappa shape index (κ2) is 5.26. The van der Waals surface area contributed by atoms with Gasteiger partial charge in [0.25, 0.3) is 5.91 Å². The molecule has 0 radical (unpaired) electrons. The number of hydrogen-bond donors (Lipinski definition) is 3. The summed E-state index contributed by atoms with van der Waals surface area (Å²) in [6.07, 6.45) is -4.51. The summed E-state index contributed by atoms with van der Waals surface area (Å²) in [5.41, 5.74) is 9.58. The highest BCUT2D eigenvalue weighted by Crippen LogP contribution is 2.31. The first-order valence-corrected chi connectivity index (χ1v) is 5.23. The van der Waals surface area contributed by atoms with Gasteiger partial charge in [0.2, 0.25) is 0 Å². The summed E-state index contributed by atoms with van der Waals surface area (Å²) in [4.78, 5) is 11.2. The predicted octanol–water partition coefficient (Wildman–Crippen LogP) is 1.56. The first kappa shape index (κ1) is 14.3. The Morgan fingerprint density at radius 2 is 2.06 bits per heavy atom. The molecule has 0 aliphatic carbocycles. The van der Waals surface area contributed by atoms with Crippen LogP contribution in [0.25, 0.3) is 0 Å². The molecule has 0 aliphatic rings. The van der Waals surface area contributed by atoms with Crippen LogP contribution in [0, 0.1) is 0 Å². The minimum absolute atomic E-state index is 0.181. The number of anilines is 1. The third-order valence-electron chi connectivity index (χ3n) is 2.37. The quantitative estimate of drug-likeness (QED) is 0.769. The number of primary amides is 1. The van der Waals surface area contributed by atoms with Crippen LogP contribution in [0.5, 0.6) is 0 Å². The van der Waals surface area contributed by atoms with Gasteiger partial charge in [0.15, 0.2) is 0 Å². The molecule has 0 heterocycles. The lowest BCUT2D eigenvalue weighted by Gasteiger charge is -2.17. The van der Waals surface area contributed by atoms with Crippen molar-refractivity contribution in [1.29, 1.82) is 0 Å². The van der Waals surface area contributed by atoms with Crippen molar-refractivity contribution in [3.05, 3.63) is 29.3 Å². The number of alkyl halides is 3. The highest BCUT2D eigenvalue weighted by atomic mass is 19.4. The fraction of sp³-hybridized carbons (Fsp3) is 0.364. The summed E-state index contributed by atoms with van der Waals surface area (Å²) in [6, 6.07) is 2.61. The van der Waals surface area contributed by atoms with E-state index in [2.05, 4.69) is 5.32 Å². The summed E-state index contributed by atoms with van der Waals surface area (Å²) in [5.74, 6) is -0.923. The molecule has 1 rings (SSSR count). The molecule has 1 unspecified atom stereocenters.